The molecule has 0 aliphatic heterocycles. The van der Waals surface area contributed by atoms with E-state index in [-0.39, 0.29) is 11.9 Å². The van der Waals surface area contributed by atoms with E-state index in [2.05, 4.69) is 68.4 Å². The predicted molar refractivity (Wildman–Crippen MR) is 139 cm³/mol. The quantitative estimate of drug-likeness (QED) is 0.220. The van der Waals surface area contributed by atoms with Gasteiger partial charge in [0.15, 0.2) is 11.9 Å². The van der Waals surface area contributed by atoms with Crippen molar-refractivity contribution in [1.29, 1.82) is 0 Å². The van der Waals surface area contributed by atoms with Crippen molar-refractivity contribution in [3.63, 3.8) is 0 Å². The lowest BCUT2D eigenvalue weighted by Gasteiger charge is -2.11. The van der Waals surface area contributed by atoms with Gasteiger partial charge in [0, 0.05) is 17.6 Å². The van der Waals surface area contributed by atoms with E-state index in [4.69, 9.17) is 30.8 Å². The van der Waals surface area contributed by atoms with Gasteiger partial charge in [-0.3, -0.25) is 9.98 Å². The van der Waals surface area contributed by atoms with Crippen LogP contribution in [0.25, 0.3) is 22.3 Å². The second-order valence-electron chi connectivity index (χ2n) is 7.51. The van der Waals surface area contributed by atoms with E-state index in [1.165, 1.54) is 0 Å². The Kier molecular flexibility index (Phi) is 7.95. The van der Waals surface area contributed by atoms with E-state index >= 15 is 0 Å². The van der Waals surface area contributed by atoms with Crippen molar-refractivity contribution in [2.45, 2.75) is 12.8 Å². The van der Waals surface area contributed by atoms with Crippen molar-refractivity contribution in [3.8, 4) is 22.3 Å². The van der Waals surface area contributed by atoms with E-state index in [9.17, 15) is 0 Å². The van der Waals surface area contributed by atoms with Crippen LogP contribution in [0.2, 0.25) is 0 Å². The average molecular weight is 489 g/mol. The first-order valence-corrected chi connectivity index (χ1v) is 11.0. The molecule has 0 aliphatic rings. The summed E-state index contributed by atoms with van der Waals surface area (Å²) >= 11 is 3.62. The molecular formula is C24H26BBrN6. The van der Waals surface area contributed by atoms with Crippen molar-refractivity contribution in [3.05, 3.63) is 76.3 Å². The highest BCUT2D eigenvalue weighted by atomic mass is 79.9. The first-order valence-electron chi connectivity index (χ1n) is 10.2. The number of nitrogens with two attached hydrogens (primary N) is 4. The van der Waals surface area contributed by atoms with Gasteiger partial charge in [0.1, 0.15) is 7.85 Å². The third-order valence-electron chi connectivity index (χ3n) is 4.89. The monoisotopic (exact) mass is 488 g/mol. The first-order chi connectivity index (χ1) is 15.3. The normalized spacial score (nSPS) is 10.5. The van der Waals surface area contributed by atoms with Crippen molar-refractivity contribution in [1.82, 2.24) is 0 Å². The van der Waals surface area contributed by atoms with Crippen molar-refractivity contribution in [2.24, 2.45) is 32.9 Å². The molecule has 3 rings (SSSR count). The summed E-state index contributed by atoms with van der Waals surface area (Å²) in [5.41, 5.74) is 29.0. The molecular weight excluding hydrogens is 463 g/mol. The number of hydrogen-bond acceptors (Lipinski definition) is 2. The van der Waals surface area contributed by atoms with Gasteiger partial charge in [-0.2, -0.15) is 0 Å². The van der Waals surface area contributed by atoms with E-state index in [0.29, 0.717) is 25.0 Å². The summed E-state index contributed by atoms with van der Waals surface area (Å²) in [6.45, 7) is 1.07. The molecule has 0 aromatic heterocycles. The lowest BCUT2D eigenvalue weighted by atomic mass is 9.88. The Labute approximate surface area is 198 Å². The Morgan fingerprint density at radius 2 is 1.22 bits per heavy atom. The molecule has 0 amide bonds. The SMILES string of the molecule is [B]c1cc(CCN=C(N)N)cc(-c2cccc(-c3cc(Br)cc(CCN=C(N)N)c3)c2)c1. The highest BCUT2D eigenvalue weighted by molar-refractivity contribution is 9.10. The Balaban J connectivity index is 1.89. The highest BCUT2D eigenvalue weighted by Gasteiger charge is 2.07. The molecule has 3 aromatic carbocycles. The third kappa shape index (κ3) is 6.88. The maximum Gasteiger partial charge on any atom is 0.185 e. The Morgan fingerprint density at radius 1 is 0.688 bits per heavy atom. The zero-order valence-electron chi connectivity index (χ0n) is 17.8. The number of nitrogens with zero attached hydrogens (tertiary/aromatic N) is 2. The Hall–Kier alpha value is -3.26. The summed E-state index contributed by atoms with van der Waals surface area (Å²) in [7, 11) is 6.17. The Morgan fingerprint density at radius 3 is 1.78 bits per heavy atom. The van der Waals surface area contributed by atoms with Crippen molar-refractivity contribution >= 4 is 41.2 Å². The molecule has 0 unspecified atom stereocenters. The van der Waals surface area contributed by atoms with Crippen LogP contribution in [0.1, 0.15) is 11.1 Å². The fourth-order valence-electron chi connectivity index (χ4n) is 3.50. The standard InChI is InChI=1S/C24H26BBrN6/c25-21-10-15(4-6-31-23(27)28)8-19(13-21)17-2-1-3-18(12-17)20-9-16(11-22(26)14-20)5-7-32-24(29)30/h1-3,8-14H,4-7H2,(H4,27,28,31)(H4,29,30,32). The van der Waals surface area contributed by atoms with Crippen LogP contribution in [-0.2, 0) is 12.8 Å². The van der Waals surface area contributed by atoms with Gasteiger partial charge in [0.05, 0.1) is 0 Å². The van der Waals surface area contributed by atoms with Gasteiger partial charge >= 0.3 is 0 Å². The lowest BCUT2D eigenvalue weighted by Crippen LogP contribution is -2.23. The molecule has 32 heavy (non-hydrogen) atoms. The summed E-state index contributed by atoms with van der Waals surface area (Å²) in [5, 5.41) is 0. The summed E-state index contributed by atoms with van der Waals surface area (Å²) < 4.78 is 1.01. The van der Waals surface area contributed by atoms with Crippen LogP contribution in [0, 0.1) is 0 Å². The fourth-order valence-corrected chi connectivity index (χ4v) is 4.04. The molecule has 0 fully saturated rings. The maximum absolute atomic E-state index is 6.17. The predicted octanol–water partition coefficient (Wildman–Crippen LogP) is 2.21. The number of guanidine groups is 2. The molecule has 0 saturated heterocycles. The molecule has 3 aromatic rings. The molecule has 0 heterocycles. The van der Waals surface area contributed by atoms with E-state index in [0.717, 1.165) is 44.3 Å². The lowest BCUT2D eigenvalue weighted by molar-refractivity contribution is 0.962. The van der Waals surface area contributed by atoms with Gasteiger partial charge in [-0.1, -0.05) is 63.9 Å². The van der Waals surface area contributed by atoms with Gasteiger partial charge < -0.3 is 22.9 Å². The summed E-state index contributed by atoms with van der Waals surface area (Å²) in [4.78, 5) is 8.13. The number of rotatable bonds is 8. The first kappa shape index (κ1) is 23.4. The zero-order valence-corrected chi connectivity index (χ0v) is 19.3. The molecule has 0 spiro atoms. The van der Waals surface area contributed by atoms with Gasteiger partial charge in [0.2, 0.25) is 0 Å². The van der Waals surface area contributed by atoms with Crippen molar-refractivity contribution < 1.29 is 0 Å². The summed E-state index contributed by atoms with van der Waals surface area (Å²) in [5.74, 6) is 0.196. The molecule has 0 saturated carbocycles. The average Bonchev–Trinajstić information content (AvgIpc) is 2.72. The zero-order chi connectivity index (χ0) is 23.1. The number of halogens is 1. The molecule has 162 valence electrons. The van der Waals surface area contributed by atoms with Gasteiger partial charge in [-0.05, 0) is 64.4 Å². The second-order valence-corrected chi connectivity index (χ2v) is 8.42. The number of benzene rings is 3. The smallest absolute Gasteiger partial charge is 0.185 e. The Bertz CT molecular complexity index is 1060. The second kappa shape index (κ2) is 10.9. The minimum absolute atomic E-state index is 0.0912. The third-order valence-corrected chi connectivity index (χ3v) is 5.35. The molecule has 0 atom stereocenters. The largest absolute Gasteiger partial charge is 0.370 e. The van der Waals surface area contributed by atoms with E-state index in [1.807, 2.05) is 18.2 Å². The minimum Gasteiger partial charge on any atom is -0.370 e. The highest BCUT2D eigenvalue weighted by Crippen LogP contribution is 2.29. The number of aliphatic imine (C=N–C) groups is 2. The van der Waals surface area contributed by atoms with Crippen molar-refractivity contribution in [2.75, 3.05) is 13.1 Å². The van der Waals surface area contributed by atoms with Crippen LogP contribution in [0.3, 0.4) is 0 Å². The van der Waals surface area contributed by atoms with Crippen LogP contribution < -0.4 is 28.4 Å². The topological polar surface area (TPSA) is 129 Å². The molecule has 8 heteroatoms. The van der Waals surface area contributed by atoms with Crippen LogP contribution in [0.15, 0.2) is 75.1 Å². The van der Waals surface area contributed by atoms with E-state index in [1.54, 1.807) is 0 Å². The van der Waals surface area contributed by atoms with Crippen LogP contribution in [0.4, 0.5) is 0 Å². The van der Waals surface area contributed by atoms with E-state index < -0.39 is 0 Å². The van der Waals surface area contributed by atoms with Crippen LogP contribution in [0.5, 0.6) is 0 Å². The summed E-state index contributed by atoms with van der Waals surface area (Å²) in [6.07, 6.45) is 1.46. The van der Waals surface area contributed by atoms with Gasteiger partial charge in [-0.15, -0.1) is 0 Å². The van der Waals surface area contributed by atoms with Gasteiger partial charge in [-0.25, -0.2) is 0 Å². The van der Waals surface area contributed by atoms with Gasteiger partial charge in [0.25, 0.3) is 0 Å². The van der Waals surface area contributed by atoms with Crippen LogP contribution in [-0.4, -0.2) is 32.9 Å². The number of hydrogen-bond donors (Lipinski definition) is 4. The molecule has 0 bridgehead atoms. The molecule has 6 nitrogen and oxygen atoms in total. The molecule has 0 aliphatic carbocycles. The summed E-state index contributed by atoms with van der Waals surface area (Å²) in [6, 6.07) is 20.8. The molecule has 2 radical (unpaired) electrons. The minimum atomic E-state index is 0.0912. The maximum atomic E-state index is 6.17. The van der Waals surface area contributed by atoms with Crippen LogP contribution >= 0.6 is 15.9 Å². The fraction of sp³-hybridized carbons (Fsp3) is 0.167. The molecule has 8 N–H and O–H groups in total.